The first-order valence-corrected chi connectivity index (χ1v) is 7.15. The number of carbonyl (C=O) groups is 2. The molecule has 0 bridgehead atoms. The summed E-state index contributed by atoms with van der Waals surface area (Å²) in [6.07, 6.45) is 5.75. The molecule has 0 atom stereocenters. The van der Waals surface area contributed by atoms with E-state index in [1.54, 1.807) is 12.3 Å². The van der Waals surface area contributed by atoms with Crippen molar-refractivity contribution in [2.75, 3.05) is 5.32 Å². The second kappa shape index (κ2) is 6.11. The van der Waals surface area contributed by atoms with Crippen molar-refractivity contribution in [3.05, 3.63) is 24.0 Å². The number of amides is 2. The Balaban J connectivity index is 2.04. The van der Waals surface area contributed by atoms with E-state index in [-0.39, 0.29) is 0 Å². The highest BCUT2D eigenvalue weighted by atomic mass is 16.4. The van der Waals surface area contributed by atoms with Gasteiger partial charge in [0.1, 0.15) is 5.54 Å². The van der Waals surface area contributed by atoms with Crippen LogP contribution < -0.4 is 10.6 Å². The van der Waals surface area contributed by atoms with Crippen molar-refractivity contribution >= 4 is 17.7 Å². The molecule has 2 rings (SSSR count). The summed E-state index contributed by atoms with van der Waals surface area (Å²) in [5.41, 5.74) is 0.317. The molecule has 0 radical (unpaired) electrons. The zero-order chi connectivity index (χ0) is 15.5. The molecule has 6 heteroatoms. The van der Waals surface area contributed by atoms with Crippen LogP contribution in [0.2, 0.25) is 0 Å². The van der Waals surface area contributed by atoms with Gasteiger partial charge in [-0.3, -0.25) is 4.98 Å². The molecular formula is C15H21N3O3. The Bertz CT molecular complexity index is 537. The lowest BCUT2D eigenvalue weighted by molar-refractivity contribution is -0.146. The quantitative estimate of drug-likeness (QED) is 0.798. The summed E-state index contributed by atoms with van der Waals surface area (Å²) in [6.45, 7) is 3.97. The molecule has 3 N–H and O–H groups in total. The molecule has 1 aliphatic carbocycles. The van der Waals surface area contributed by atoms with E-state index in [9.17, 15) is 14.7 Å². The fourth-order valence-electron chi connectivity index (χ4n) is 2.65. The van der Waals surface area contributed by atoms with Gasteiger partial charge in [-0.2, -0.15) is 0 Å². The fraction of sp³-hybridized carbons (Fsp3) is 0.533. The Morgan fingerprint density at radius 2 is 2.00 bits per heavy atom. The van der Waals surface area contributed by atoms with Crippen molar-refractivity contribution in [1.82, 2.24) is 10.3 Å². The number of carbonyl (C=O) groups excluding carboxylic acids is 1. The number of carboxylic acid groups (broad SMARTS) is 1. The lowest BCUT2D eigenvalue weighted by Crippen LogP contribution is -2.57. The largest absolute Gasteiger partial charge is 0.480 e. The van der Waals surface area contributed by atoms with Crippen LogP contribution in [-0.4, -0.2) is 27.6 Å². The van der Waals surface area contributed by atoms with Crippen molar-refractivity contribution in [2.45, 2.75) is 45.1 Å². The third kappa shape index (κ3) is 3.71. The lowest BCUT2D eigenvalue weighted by atomic mass is 9.77. The standard InChI is InChI=1S/C15H21N3O3/c1-10-3-5-15(6-4-10,13(19)20)18-14(21)17-12-7-11(2)8-16-9-12/h7-10H,3-6H2,1-2H3,(H,19,20)(H2,17,18,21). The fourth-order valence-corrected chi connectivity index (χ4v) is 2.65. The minimum absolute atomic E-state index is 0.461. The molecule has 21 heavy (non-hydrogen) atoms. The molecule has 0 aliphatic heterocycles. The third-order valence-corrected chi connectivity index (χ3v) is 4.02. The van der Waals surface area contributed by atoms with Crippen LogP contribution >= 0.6 is 0 Å². The molecule has 0 aromatic carbocycles. The smallest absolute Gasteiger partial charge is 0.329 e. The van der Waals surface area contributed by atoms with Gasteiger partial charge in [-0.05, 0) is 50.2 Å². The number of aliphatic carboxylic acids is 1. The van der Waals surface area contributed by atoms with Crippen LogP contribution in [0.5, 0.6) is 0 Å². The Labute approximate surface area is 124 Å². The predicted molar refractivity (Wildman–Crippen MR) is 79.1 cm³/mol. The van der Waals surface area contributed by atoms with Crippen LogP contribution in [0.1, 0.15) is 38.2 Å². The number of urea groups is 1. The molecule has 0 unspecified atom stereocenters. The van der Waals surface area contributed by atoms with Gasteiger partial charge in [-0.1, -0.05) is 6.92 Å². The van der Waals surface area contributed by atoms with Crippen molar-refractivity contribution in [3.63, 3.8) is 0 Å². The molecule has 1 fully saturated rings. The van der Waals surface area contributed by atoms with Gasteiger partial charge in [-0.25, -0.2) is 9.59 Å². The first kappa shape index (κ1) is 15.3. The van der Waals surface area contributed by atoms with Crippen LogP contribution in [0.25, 0.3) is 0 Å². The molecule has 6 nitrogen and oxygen atoms in total. The molecule has 1 saturated carbocycles. The lowest BCUT2D eigenvalue weighted by Gasteiger charge is -2.36. The highest BCUT2D eigenvalue weighted by Gasteiger charge is 2.42. The van der Waals surface area contributed by atoms with Crippen molar-refractivity contribution < 1.29 is 14.7 Å². The molecule has 0 spiro atoms. The van der Waals surface area contributed by atoms with Gasteiger partial charge in [0.05, 0.1) is 11.9 Å². The maximum atomic E-state index is 12.1. The molecule has 1 heterocycles. The summed E-state index contributed by atoms with van der Waals surface area (Å²) in [4.78, 5) is 27.6. The molecular weight excluding hydrogens is 270 g/mol. The van der Waals surface area contributed by atoms with E-state index >= 15 is 0 Å². The van der Waals surface area contributed by atoms with E-state index in [1.165, 1.54) is 6.20 Å². The van der Waals surface area contributed by atoms with E-state index in [1.807, 2.05) is 6.92 Å². The summed E-state index contributed by atoms with van der Waals surface area (Å²) in [5, 5.41) is 14.8. The number of anilines is 1. The Kier molecular flexibility index (Phi) is 4.45. The van der Waals surface area contributed by atoms with Crippen LogP contribution in [0.15, 0.2) is 18.5 Å². The Morgan fingerprint density at radius 3 is 2.57 bits per heavy atom. The number of rotatable bonds is 3. The van der Waals surface area contributed by atoms with Crippen LogP contribution in [0, 0.1) is 12.8 Å². The first-order valence-electron chi connectivity index (χ1n) is 7.15. The summed E-state index contributed by atoms with van der Waals surface area (Å²) < 4.78 is 0. The molecule has 2 amide bonds. The maximum absolute atomic E-state index is 12.1. The average molecular weight is 291 g/mol. The van der Waals surface area contributed by atoms with E-state index < -0.39 is 17.5 Å². The zero-order valence-corrected chi connectivity index (χ0v) is 12.3. The zero-order valence-electron chi connectivity index (χ0n) is 12.3. The molecule has 1 aromatic heterocycles. The topological polar surface area (TPSA) is 91.3 Å². The number of nitrogens with zero attached hydrogens (tertiary/aromatic N) is 1. The normalized spacial score (nSPS) is 25.1. The molecule has 0 saturated heterocycles. The highest BCUT2D eigenvalue weighted by Crippen LogP contribution is 2.32. The maximum Gasteiger partial charge on any atom is 0.329 e. The number of hydrogen-bond acceptors (Lipinski definition) is 3. The summed E-state index contributed by atoms with van der Waals surface area (Å²) >= 11 is 0. The number of carboxylic acids is 1. The van der Waals surface area contributed by atoms with Crippen molar-refractivity contribution in [2.24, 2.45) is 5.92 Å². The number of aryl methyl sites for hydroxylation is 1. The summed E-state index contributed by atoms with van der Waals surface area (Å²) in [7, 11) is 0. The number of nitrogens with one attached hydrogen (secondary N) is 2. The van der Waals surface area contributed by atoms with Gasteiger partial charge in [0.25, 0.3) is 0 Å². The van der Waals surface area contributed by atoms with E-state index in [0.29, 0.717) is 24.4 Å². The second-order valence-electron chi connectivity index (χ2n) is 5.90. The van der Waals surface area contributed by atoms with Gasteiger partial charge >= 0.3 is 12.0 Å². The number of aromatic nitrogens is 1. The monoisotopic (exact) mass is 291 g/mol. The van der Waals surface area contributed by atoms with Gasteiger partial charge in [-0.15, -0.1) is 0 Å². The molecule has 114 valence electrons. The molecule has 1 aromatic rings. The van der Waals surface area contributed by atoms with Crippen LogP contribution in [0.4, 0.5) is 10.5 Å². The van der Waals surface area contributed by atoms with E-state index in [0.717, 1.165) is 18.4 Å². The van der Waals surface area contributed by atoms with E-state index in [4.69, 9.17) is 0 Å². The Hall–Kier alpha value is -2.11. The van der Waals surface area contributed by atoms with Gasteiger partial charge in [0, 0.05) is 6.20 Å². The number of hydrogen-bond donors (Lipinski definition) is 3. The predicted octanol–water partition coefficient (Wildman–Crippen LogP) is 2.55. The molecule has 1 aliphatic rings. The van der Waals surface area contributed by atoms with Gasteiger partial charge in [0.15, 0.2) is 0 Å². The second-order valence-corrected chi connectivity index (χ2v) is 5.90. The highest BCUT2D eigenvalue weighted by molar-refractivity contribution is 5.93. The van der Waals surface area contributed by atoms with Crippen LogP contribution in [-0.2, 0) is 4.79 Å². The summed E-state index contributed by atoms with van der Waals surface area (Å²) in [5.74, 6) is -0.463. The third-order valence-electron chi connectivity index (χ3n) is 4.02. The SMILES string of the molecule is Cc1cncc(NC(=O)NC2(C(=O)O)CCC(C)CC2)c1. The van der Waals surface area contributed by atoms with Crippen molar-refractivity contribution in [3.8, 4) is 0 Å². The minimum Gasteiger partial charge on any atom is -0.480 e. The van der Waals surface area contributed by atoms with Gasteiger partial charge < -0.3 is 15.7 Å². The Morgan fingerprint density at radius 1 is 1.33 bits per heavy atom. The first-order chi connectivity index (χ1) is 9.91. The van der Waals surface area contributed by atoms with Crippen LogP contribution in [0.3, 0.4) is 0 Å². The average Bonchev–Trinajstić information content (AvgIpc) is 2.41. The van der Waals surface area contributed by atoms with Gasteiger partial charge in [0.2, 0.25) is 0 Å². The minimum atomic E-state index is -1.16. The number of pyridine rings is 1. The van der Waals surface area contributed by atoms with E-state index in [2.05, 4.69) is 22.5 Å². The van der Waals surface area contributed by atoms with Crippen molar-refractivity contribution in [1.29, 1.82) is 0 Å². The summed E-state index contributed by atoms with van der Waals surface area (Å²) in [6, 6.07) is 1.28.